The molecule has 0 saturated heterocycles. The fraction of sp³-hybridized carbons (Fsp3) is 0.571. The van der Waals surface area contributed by atoms with Crippen LogP contribution in [0.1, 0.15) is 110 Å². The average molecular weight is 546 g/mol. The van der Waals surface area contributed by atoms with E-state index in [2.05, 4.69) is 113 Å². The molecule has 0 aliphatic rings. The summed E-state index contributed by atoms with van der Waals surface area (Å²) in [7, 11) is 2.23. The summed E-state index contributed by atoms with van der Waals surface area (Å²) >= 11 is 0. The van der Waals surface area contributed by atoms with Gasteiger partial charge in [0.15, 0.2) is 5.82 Å². The Hall–Kier alpha value is -3.13. The maximum atomic E-state index is 9.41. The molecule has 5 nitrogen and oxygen atoms in total. The number of benzene rings is 1. The van der Waals surface area contributed by atoms with Crippen LogP contribution in [-0.2, 0) is 6.54 Å². The molecule has 0 aliphatic carbocycles. The first kappa shape index (κ1) is 34.9. The van der Waals surface area contributed by atoms with Crippen LogP contribution in [0, 0.1) is 37.0 Å². The Balaban J connectivity index is 0.00000187. The highest BCUT2D eigenvalue weighted by atomic mass is 15.2. The van der Waals surface area contributed by atoms with Gasteiger partial charge in [0, 0.05) is 35.8 Å². The lowest BCUT2D eigenvalue weighted by Crippen LogP contribution is -2.36. The number of nitriles is 1. The quantitative estimate of drug-likeness (QED) is 0.297. The van der Waals surface area contributed by atoms with Crippen molar-refractivity contribution in [2.75, 3.05) is 12.4 Å². The molecule has 2 unspecified atom stereocenters. The van der Waals surface area contributed by atoms with Gasteiger partial charge in [-0.3, -0.25) is 0 Å². The molecule has 2 atom stereocenters. The maximum absolute atomic E-state index is 9.41. The summed E-state index contributed by atoms with van der Waals surface area (Å²) in [5, 5.41) is 24.1. The van der Waals surface area contributed by atoms with Crippen LogP contribution in [0.25, 0.3) is 12.2 Å². The molecule has 2 rings (SSSR count). The monoisotopic (exact) mass is 545 g/mol. The van der Waals surface area contributed by atoms with E-state index < -0.39 is 0 Å². The zero-order chi connectivity index (χ0) is 30.2. The minimum Gasteiger partial charge on any atom is -0.372 e. The normalized spacial score (nSPS) is 13.9. The Morgan fingerprint density at radius 3 is 2.25 bits per heavy atom. The summed E-state index contributed by atoms with van der Waals surface area (Å²) in [5.41, 5.74) is 4.92. The van der Waals surface area contributed by atoms with Crippen molar-refractivity contribution < 1.29 is 0 Å². The second-order valence-electron chi connectivity index (χ2n) is 11.5. The van der Waals surface area contributed by atoms with Crippen molar-refractivity contribution in [1.29, 1.82) is 5.26 Å². The number of rotatable bonds is 12. The Bertz CT molecular complexity index is 1230. The minimum atomic E-state index is 0.491. The van der Waals surface area contributed by atoms with Gasteiger partial charge in [0.05, 0.1) is 17.3 Å². The number of hydrogen-bond donors (Lipinski definition) is 1. The molecule has 0 amide bonds. The van der Waals surface area contributed by atoms with Crippen LogP contribution in [-0.4, -0.2) is 28.2 Å². The molecule has 0 radical (unpaired) electrons. The minimum absolute atomic E-state index is 0.491. The fourth-order valence-electron chi connectivity index (χ4n) is 4.60. The van der Waals surface area contributed by atoms with Crippen molar-refractivity contribution in [2.45, 2.75) is 114 Å². The van der Waals surface area contributed by atoms with Crippen LogP contribution in [0.2, 0.25) is 0 Å². The van der Waals surface area contributed by atoms with E-state index in [0.717, 1.165) is 57.8 Å². The van der Waals surface area contributed by atoms with E-state index >= 15 is 0 Å². The van der Waals surface area contributed by atoms with E-state index in [1.165, 1.54) is 25.0 Å². The highest BCUT2D eigenvalue weighted by Crippen LogP contribution is 2.20. The first-order chi connectivity index (χ1) is 19.0. The number of allylic oxidation sites excluding steroid dienone is 2. The van der Waals surface area contributed by atoms with E-state index in [0.29, 0.717) is 18.2 Å². The number of anilines is 1. The van der Waals surface area contributed by atoms with Crippen molar-refractivity contribution >= 4 is 18.0 Å². The van der Waals surface area contributed by atoms with Crippen molar-refractivity contribution in [2.24, 2.45) is 11.8 Å². The third-order valence-electron chi connectivity index (χ3n) is 7.36. The molecule has 0 fully saturated rings. The molecule has 0 aliphatic heterocycles. The number of nitrogens with zero attached hydrogens (tertiary/aromatic N) is 4. The highest BCUT2D eigenvalue weighted by Gasteiger charge is 2.16. The van der Waals surface area contributed by atoms with Gasteiger partial charge in [-0.15, -0.1) is 5.10 Å². The second kappa shape index (κ2) is 18.3. The standard InChI is InChI=1S/C31H45N5.C4H10/c1-9-14-28(36(8)27(11-3)18-17-22(5)10-2)19-30-29(12-4)24(7)34-35-31(30)33-21-26-16-13-15-25(20-32)23(26)6;1-4(2)3/h12-16,19,22,27H,9-11,17-18,21H2,1-8H3,(H,33,35);4H,1-3H3/b28-14-,29-12-,30-19+;. The van der Waals surface area contributed by atoms with Gasteiger partial charge in [-0.2, -0.15) is 10.4 Å². The van der Waals surface area contributed by atoms with Crippen molar-refractivity contribution in [3.8, 4) is 6.07 Å². The third-order valence-corrected chi connectivity index (χ3v) is 7.36. The summed E-state index contributed by atoms with van der Waals surface area (Å²) in [5.74, 6) is 2.35. The summed E-state index contributed by atoms with van der Waals surface area (Å²) in [4.78, 5) is 2.45. The molecular formula is C35H55N5. The number of nitrogens with one attached hydrogen (secondary N) is 1. The van der Waals surface area contributed by atoms with Gasteiger partial charge in [0.1, 0.15) is 0 Å². The van der Waals surface area contributed by atoms with Crippen molar-refractivity contribution in [3.05, 3.63) is 62.8 Å². The predicted octanol–water partition coefficient (Wildman–Crippen LogP) is 7.65. The summed E-state index contributed by atoms with van der Waals surface area (Å²) < 4.78 is 0. The third kappa shape index (κ3) is 10.8. The molecular weight excluding hydrogens is 490 g/mol. The maximum Gasteiger partial charge on any atom is 0.156 e. The lowest BCUT2D eigenvalue weighted by Gasteiger charge is -2.31. The molecule has 1 N–H and O–H groups in total. The summed E-state index contributed by atoms with van der Waals surface area (Å²) in [6.45, 7) is 22.2. The van der Waals surface area contributed by atoms with Crippen LogP contribution in [0.4, 0.5) is 5.82 Å². The van der Waals surface area contributed by atoms with Crippen LogP contribution in [0.5, 0.6) is 0 Å². The van der Waals surface area contributed by atoms with E-state index in [4.69, 9.17) is 0 Å². The van der Waals surface area contributed by atoms with Crippen LogP contribution >= 0.6 is 0 Å². The molecule has 40 heavy (non-hydrogen) atoms. The smallest absolute Gasteiger partial charge is 0.156 e. The Morgan fingerprint density at radius 1 is 1.02 bits per heavy atom. The average Bonchev–Trinajstić information content (AvgIpc) is 2.92. The fourth-order valence-corrected chi connectivity index (χ4v) is 4.60. The Morgan fingerprint density at radius 2 is 1.70 bits per heavy atom. The predicted molar refractivity (Wildman–Crippen MR) is 173 cm³/mol. The SMILES string of the molecule is C/C=c1/c(C)nnc(NCc2cccc(C#N)c2C)/c1=C/C(=C/CC)N(C)C(CC)CCC(C)CC.CC(C)C. The van der Waals surface area contributed by atoms with Gasteiger partial charge < -0.3 is 10.2 Å². The van der Waals surface area contributed by atoms with Gasteiger partial charge in [0.25, 0.3) is 0 Å². The zero-order valence-electron chi connectivity index (χ0n) is 27.2. The number of hydrogen-bond acceptors (Lipinski definition) is 5. The molecule has 1 heterocycles. The lowest BCUT2D eigenvalue weighted by atomic mass is 9.97. The van der Waals surface area contributed by atoms with E-state index in [1.807, 2.05) is 26.0 Å². The first-order valence-corrected chi connectivity index (χ1v) is 15.2. The van der Waals surface area contributed by atoms with Gasteiger partial charge in [0.2, 0.25) is 0 Å². The topological polar surface area (TPSA) is 64.8 Å². The second-order valence-corrected chi connectivity index (χ2v) is 11.5. The molecule has 1 aromatic carbocycles. The summed E-state index contributed by atoms with van der Waals surface area (Å²) in [6.07, 6.45) is 12.4. The summed E-state index contributed by atoms with van der Waals surface area (Å²) in [6, 6.07) is 8.62. The van der Waals surface area contributed by atoms with Gasteiger partial charge in [-0.1, -0.05) is 79.2 Å². The molecule has 0 saturated carbocycles. The molecule has 2 aromatic rings. The van der Waals surface area contributed by atoms with Crippen LogP contribution in [0.3, 0.4) is 0 Å². The molecule has 0 spiro atoms. The van der Waals surface area contributed by atoms with Crippen LogP contribution in [0.15, 0.2) is 30.0 Å². The van der Waals surface area contributed by atoms with E-state index in [-0.39, 0.29) is 0 Å². The van der Waals surface area contributed by atoms with Gasteiger partial charge in [-0.25, -0.2) is 0 Å². The first-order valence-electron chi connectivity index (χ1n) is 15.2. The Labute approximate surface area is 245 Å². The Kier molecular flexibility index (Phi) is 15.9. The van der Waals surface area contributed by atoms with E-state index in [1.54, 1.807) is 0 Å². The van der Waals surface area contributed by atoms with E-state index in [9.17, 15) is 5.26 Å². The van der Waals surface area contributed by atoms with Gasteiger partial charge in [-0.05, 0) is 81.6 Å². The van der Waals surface area contributed by atoms with Crippen molar-refractivity contribution in [3.63, 3.8) is 0 Å². The number of aromatic nitrogens is 2. The highest BCUT2D eigenvalue weighted by molar-refractivity contribution is 5.55. The zero-order valence-corrected chi connectivity index (χ0v) is 27.2. The molecule has 220 valence electrons. The molecule has 5 heteroatoms. The number of aryl methyl sites for hydroxylation is 1. The lowest BCUT2D eigenvalue weighted by molar-refractivity contribution is 0.271. The largest absolute Gasteiger partial charge is 0.372 e. The molecule has 1 aromatic heterocycles. The van der Waals surface area contributed by atoms with Crippen LogP contribution < -0.4 is 15.8 Å². The molecule has 0 bridgehead atoms. The van der Waals surface area contributed by atoms with Crippen molar-refractivity contribution in [1.82, 2.24) is 15.1 Å². The van der Waals surface area contributed by atoms with Gasteiger partial charge >= 0.3 is 0 Å².